The van der Waals surface area contributed by atoms with Crippen molar-refractivity contribution in [3.8, 4) is 12.1 Å². The smallest absolute Gasteiger partial charge is 0.424 e. The number of benzene rings is 1. The molecule has 0 saturated heterocycles. The van der Waals surface area contributed by atoms with Gasteiger partial charge in [-0.2, -0.15) is 20.5 Å². The van der Waals surface area contributed by atoms with Crippen LogP contribution in [0.25, 0.3) is 0 Å². The molecule has 0 heterocycles. The van der Waals surface area contributed by atoms with E-state index in [-0.39, 0.29) is 11.4 Å². The van der Waals surface area contributed by atoms with Crippen LogP contribution in [-0.2, 0) is 9.47 Å². The molecular formula is C19H23N5O4. The fourth-order valence-corrected chi connectivity index (χ4v) is 1.78. The molecule has 0 radical (unpaired) electrons. The van der Waals surface area contributed by atoms with Gasteiger partial charge < -0.3 is 9.47 Å². The number of hydrogen-bond donors (Lipinski definition) is 1. The maximum absolute atomic E-state index is 12.6. The molecule has 0 fully saturated rings. The number of nitriles is 2. The molecule has 1 aromatic carbocycles. The summed E-state index contributed by atoms with van der Waals surface area (Å²) in [5.74, 6) is 0. The van der Waals surface area contributed by atoms with Gasteiger partial charge in [-0.3, -0.25) is 5.43 Å². The van der Waals surface area contributed by atoms with Gasteiger partial charge in [0.05, 0.1) is 11.4 Å². The maximum atomic E-state index is 12.6. The summed E-state index contributed by atoms with van der Waals surface area (Å²) in [5, 5.41) is 21.0. The van der Waals surface area contributed by atoms with Gasteiger partial charge in [0.25, 0.3) is 0 Å². The van der Waals surface area contributed by atoms with Crippen molar-refractivity contribution in [2.24, 2.45) is 5.10 Å². The zero-order valence-corrected chi connectivity index (χ0v) is 16.7. The number of nitrogens with zero attached hydrogens (tertiary/aromatic N) is 4. The van der Waals surface area contributed by atoms with Crippen molar-refractivity contribution in [1.29, 1.82) is 10.5 Å². The van der Waals surface area contributed by atoms with Gasteiger partial charge in [-0.25, -0.2) is 9.59 Å². The van der Waals surface area contributed by atoms with E-state index >= 15 is 0 Å². The molecule has 1 N–H and O–H groups in total. The van der Waals surface area contributed by atoms with E-state index in [1.807, 2.05) is 0 Å². The van der Waals surface area contributed by atoms with Gasteiger partial charge in [-0.15, -0.1) is 0 Å². The van der Waals surface area contributed by atoms with Crippen molar-refractivity contribution >= 4 is 29.3 Å². The standard InChI is InChI=1S/C19H23N5O4/c1-18(2,3)27-16(25)24(17(26)28-19(4,5)6)15-9-7-13(8-10-15)22-23-14(11-20)12-21/h7-10,22H,1-6H3. The van der Waals surface area contributed by atoms with Crippen LogP contribution < -0.4 is 10.3 Å². The third kappa shape index (κ3) is 7.34. The van der Waals surface area contributed by atoms with Crippen LogP contribution in [0.1, 0.15) is 41.5 Å². The Balaban J connectivity index is 3.15. The number of hydrazone groups is 1. The summed E-state index contributed by atoms with van der Waals surface area (Å²) in [5.41, 5.74) is 1.25. The second-order valence-corrected chi connectivity index (χ2v) is 7.64. The van der Waals surface area contributed by atoms with Gasteiger partial charge in [-0.1, -0.05) is 0 Å². The van der Waals surface area contributed by atoms with Crippen molar-refractivity contribution in [1.82, 2.24) is 0 Å². The molecule has 2 amide bonds. The molecule has 9 heteroatoms. The number of carbonyl (C=O) groups excluding carboxylic acids is 2. The first-order valence-electron chi connectivity index (χ1n) is 8.36. The van der Waals surface area contributed by atoms with Gasteiger partial charge in [0.1, 0.15) is 23.3 Å². The quantitative estimate of drug-likeness (QED) is 0.610. The van der Waals surface area contributed by atoms with Crippen molar-refractivity contribution in [2.45, 2.75) is 52.7 Å². The monoisotopic (exact) mass is 385 g/mol. The summed E-state index contributed by atoms with van der Waals surface area (Å²) in [7, 11) is 0. The number of imide groups is 1. The Bertz CT molecular complexity index is 790. The van der Waals surface area contributed by atoms with Crippen LogP contribution >= 0.6 is 0 Å². The molecule has 0 bridgehead atoms. The highest BCUT2D eigenvalue weighted by Crippen LogP contribution is 2.23. The molecule has 148 valence electrons. The van der Waals surface area contributed by atoms with E-state index in [0.29, 0.717) is 5.69 Å². The van der Waals surface area contributed by atoms with E-state index in [1.165, 1.54) is 24.3 Å². The number of hydrogen-bond acceptors (Lipinski definition) is 8. The maximum Gasteiger partial charge on any atom is 0.424 e. The van der Waals surface area contributed by atoms with E-state index < -0.39 is 23.4 Å². The largest absolute Gasteiger partial charge is 0.443 e. The van der Waals surface area contributed by atoms with Crippen LogP contribution in [0.15, 0.2) is 29.4 Å². The molecule has 0 aliphatic carbocycles. The lowest BCUT2D eigenvalue weighted by atomic mass is 10.2. The average Bonchev–Trinajstić information content (AvgIpc) is 2.54. The average molecular weight is 385 g/mol. The second-order valence-electron chi connectivity index (χ2n) is 7.64. The molecule has 0 aliphatic rings. The molecule has 28 heavy (non-hydrogen) atoms. The minimum atomic E-state index is -0.878. The first kappa shape index (κ1) is 22.5. The van der Waals surface area contributed by atoms with E-state index in [1.54, 1.807) is 53.7 Å². The van der Waals surface area contributed by atoms with Crippen molar-refractivity contribution in [2.75, 3.05) is 10.3 Å². The van der Waals surface area contributed by atoms with Crippen LogP contribution in [0.3, 0.4) is 0 Å². The molecule has 0 spiro atoms. The summed E-state index contributed by atoms with van der Waals surface area (Å²) in [4.78, 5) is 25.9. The van der Waals surface area contributed by atoms with Gasteiger partial charge >= 0.3 is 12.2 Å². The van der Waals surface area contributed by atoms with E-state index in [2.05, 4.69) is 10.5 Å². The van der Waals surface area contributed by atoms with Gasteiger partial charge in [0.15, 0.2) is 0 Å². The highest BCUT2D eigenvalue weighted by molar-refractivity contribution is 6.10. The zero-order chi connectivity index (χ0) is 21.5. The normalized spacial score (nSPS) is 10.7. The number of amides is 2. The minimum Gasteiger partial charge on any atom is -0.443 e. The number of rotatable bonds is 3. The molecule has 0 aliphatic heterocycles. The van der Waals surface area contributed by atoms with Crippen LogP contribution in [0.2, 0.25) is 0 Å². The van der Waals surface area contributed by atoms with Gasteiger partial charge in [0.2, 0.25) is 5.71 Å². The van der Waals surface area contributed by atoms with Gasteiger partial charge in [-0.05, 0) is 65.8 Å². The Labute approximate surface area is 164 Å². The molecule has 9 nitrogen and oxygen atoms in total. The lowest BCUT2D eigenvalue weighted by Gasteiger charge is -2.28. The molecular weight excluding hydrogens is 362 g/mol. The summed E-state index contributed by atoms with van der Waals surface area (Å²) >= 11 is 0. The summed E-state index contributed by atoms with van der Waals surface area (Å²) < 4.78 is 10.6. The Morgan fingerprint density at radius 3 is 1.71 bits per heavy atom. The molecule has 0 saturated carbocycles. The predicted molar refractivity (Wildman–Crippen MR) is 104 cm³/mol. The summed E-state index contributed by atoms with van der Waals surface area (Å²) in [6.07, 6.45) is -1.76. The Morgan fingerprint density at radius 2 is 1.36 bits per heavy atom. The van der Waals surface area contributed by atoms with Crippen molar-refractivity contribution in [3.05, 3.63) is 24.3 Å². The third-order valence-corrected chi connectivity index (χ3v) is 2.79. The van der Waals surface area contributed by atoms with Crippen LogP contribution in [0, 0.1) is 22.7 Å². The van der Waals surface area contributed by atoms with Crippen molar-refractivity contribution in [3.63, 3.8) is 0 Å². The van der Waals surface area contributed by atoms with Crippen molar-refractivity contribution < 1.29 is 19.1 Å². The van der Waals surface area contributed by atoms with Gasteiger partial charge in [0, 0.05) is 0 Å². The third-order valence-electron chi connectivity index (χ3n) is 2.79. The first-order chi connectivity index (χ1) is 12.9. The number of carbonyl (C=O) groups is 2. The number of anilines is 2. The predicted octanol–water partition coefficient (Wildman–Crippen LogP) is 4.18. The lowest BCUT2D eigenvalue weighted by molar-refractivity contribution is 0.0431. The highest BCUT2D eigenvalue weighted by Gasteiger charge is 2.32. The molecule has 0 aromatic heterocycles. The van der Waals surface area contributed by atoms with E-state index in [0.717, 1.165) is 4.90 Å². The summed E-state index contributed by atoms with van der Waals surface area (Å²) in [6.45, 7) is 10.1. The Hall–Kier alpha value is -3.59. The topological polar surface area (TPSA) is 128 Å². The Kier molecular flexibility index (Phi) is 7.11. The molecule has 0 atom stereocenters. The highest BCUT2D eigenvalue weighted by atomic mass is 16.6. The van der Waals surface area contributed by atoms with Crippen LogP contribution in [0.5, 0.6) is 0 Å². The number of nitrogens with one attached hydrogen (secondary N) is 1. The molecule has 1 aromatic rings. The van der Waals surface area contributed by atoms with Crippen LogP contribution in [-0.4, -0.2) is 29.1 Å². The lowest BCUT2D eigenvalue weighted by Crippen LogP contribution is -2.43. The Morgan fingerprint density at radius 1 is 0.929 bits per heavy atom. The van der Waals surface area contributed by atoms with E-state index in [9.17, 15) is 9.59 Å². The zero-order valence-electron chi connectivity index (χ0n) is 16.7. The SMILES string of the molecule is CC(C)(C)OC(=O)N(C(=O)OC(C)(C)C)c1ccc(NN=C(C#N)C#N)cc1. The first-order valence-corrected chi connectivity index (χ1v) is 8.36. The second kappa shape index (κ2) is 8.87. The molecule has 0 unspecified atom stereocenters. The number of ether oxygens (including phenoxy) is 2. The fraction of sp³-hybridized carbons (Fsp3) is 0.421. The molecule has 1 rings (SSSR count). The summed E-state index contributed by atoms with van der Waals surface area (Å²) in [6, 6.07) is 9.24. The fourth-order valence-electron chi connectivity index (χ4n) is 1.78. The minimum absolute atomic E-state index is 0.221. The van der Waals surface area contributed by atoms with E-state index in [4.69, 9.17) is 20.0 Å². The van der Waals surface area contributed by atoms with Crippen LogP contribution in [0.4, 0.5) is 21.0 Å².